The third-order valence-corrected chi connectivity index (χ3v) is 3.37. The Morgan fingerprint density at radius 1 is 1.53 bits per heavy atom. The fourth-order valence-electron chi connectivity index (χ4n) is 2.10. The van der Waals surface area contributed by atoms with Crippen LogP contribution in [-0.4, -0.2) is 17.6 Å². The average molecular weight is 270 g/mol. The van der Waals surface area contributed by atoms with Crippen LogP contribution in [0.4, 0.5) is 11.5 Å². The Bertz CT molecular complexity index is 354. The lowest BCUT2D eigenvalue weighted by atomic mass is 10.0. The molecule has 2 heterocycles. The van der Waals surface area contributed by atoms with Crippen molar-refractivity contribution in [1.29, 1.82) is 0 Å². The van der Waals surface area contributed by atoms with Crippen molar-refractivity contribution in [1.82, 2.24) is 4.98 Å². The lowest BCUT2D eigenvalue weighted by Crippen LogP contribution is -2.38. The van der Waals surface area contributed by atoms with Gasteiger partial charge in [-0.2, -0.15) is 0 Å². The quantitative estimate of drug-likeness (QED) is 0.853. The zero-order valence-corrected chi connectivity index (χ0v) is 10.5. The van der Waals surface area contributed by atoms with Crippen LogP contribution in [0, 0.1) is 0 Å². The summed E-state index contributed by atoms with van der Waals surface area (Å²) in [4.78, 5) is 6.72. The molecule has 1 unspecified atom stereocenters. The molecule has 0 amide bonds. The molecule has 4 heteroatoms. The van der Waals surface area contributed by atoms with Crippen molar-refractivity contribution in [2.75, 3.05) is 17.2 Å². The molecule has 82 valence electrons. The summed E-state index contributed by atoms with van der Waals surface area (Å²) >= 11 is 3.37. The van der Waals surface area contributed by atoms with Crippen molar-refractivity contribution in [2.24, 2.45) is 0 Å². The second-order valence-corrected chi connectivity index (χ2v) is 5.02. The van der Waals surface area contributed by atoms with E-state index in [9.17, 15) is 0 Å². The number of hydrogen-bond acceptors (Lipinski definition) is 3. The summed E-state index contributed by atoms with van der Waals surface area (Å²) in [5, 5.41) is 0. The average Bonchev–Trinajstić information content (AvgIpc) is 2.20. The predicted octanol–water partition coefficient (Wildman–Crippen LogP) is 2.81. The minimum atomic E-state index is 0.551. The normalized spacial score (nSPS) is 21.7. The highest BCUT2D eigenvalue weighted by atomic mass is 79.9. The second-order valence-electron chi connectivity index (χ2n) is 4.10. The molecule has 1 atom stereocenters. The molecule has 15 heavy (non-hydrogen) atoms. The van der Waals surface area contributed by atoms with Gasteiger partial charge in [-0.3, -0.25) is 0 Å². The third-order valence-electron chi connectivity index (χ3n) is 2.94. The van der Waals surface area contributed by atoms with E-state index in [4.69, 9.17) is 5.73 Å². The number of halogens is 1. The highest BCUT2D eigenvalue weighted by molar-refractivity contribution is 9.10. The summed E-state index contributed by atoms with van der Waals surface area (Å²) in [6.45, 7) is 3.31. The molecule has 0 aliphatic carbocycles. The van der Waals surface area contributed by atoms with Crippen molar-refractivity contribution in [3.63, 3.8) is 0 Å². The topological polar surface area (TPSA) is 42.2 Å². The molecule has 0 saturated carbocycles. The fraction of sp³-hybridized carbons (Fsp3) is 0.545. The van der Waals surface area contributed by atoms with Crippen molar-refractivity contribution < 1.29 is 0 Å². The van der Waals surface area contributed by atoms with Crippen molar-refractivity contribution in [3.05, 3.63) is 16.7 Å². The molecular formula is C11H16BrN3. The largest absolute Gasteiger partial charge is 0.396 e. The maximum absolute atomic E-state index is 5.98. The number of nitrogens with two attached hydrogens (primary N) is 1. The Morgan fingerprint density at radius 2 is 2.33 bits per heavy atom. The lowest BCUT2D eigenvalue weighted by Gasteiger charge is -2.35. The Labute approximate surface area is 98.8 Å². The molecule has 0 aromatic carbocycles. The first-order valence-electron chi connectivity index (χ1n) is 5.36. The van der Waals surface area contributed by atoms with Gasteiger partial charge in [0.2, 0.25) is 0 Å². The number of aromatic nitrogens is 1. The van der Waals surface area contributed by atoms with Crippen LogP contribution in [0.2, 0.25) is 0 Å². The number of nitrogens with zero attached hydrogens (tertiary/aromatic N) is 2. The standard InChI is InChI=1S/C11H16BrN3/c1-8-4-2-3-5-15(8)11-10(13)6-9(12)7-14-11/h6-8H,2-5,13H2,1H3. The maximum atomic E-state index is 5.98. The SMILES string of the molecule is CC1CCCCN1c1ncc(Br)cc1N. The van der Waals surface area contributed by atoms with E-state index in [0.29, 0.717) is 6.04 Å². The van der Waals surface area contributed by atoms with Crippen LogP contribution in [0.15, 0.2) is 16.7 Å². The molecular weight excluding hydrogens is 254 g/mol. The van der Waals surface area contributed by atoms with Gasteiger partial charge < -0.3 is 10.6 Å². The first kappa shape index (κ1) is 10.7. The fourth-order valence-corrected chi connectivity index (χ4v) is 2.45. The molecule has 0 bridgehead atoms. The number of anilines is 2. The van der Waals surface area contributed by atoms with E-state index in [1.54, 1.807) is 0 Å². The number of nitrogen functional groups attached to an aromatic ring is 1. The smallest absolute Gasteiger partial charge is 0.152 e. The monoisotopic (exact) mass is 269 g/mol. The van der Waals surface area contributed by atoms with Gasteiger partial charge in [-0.25, -0.2) is 4.98 Å². The molecule has 1 aromatic rings. The van der Waals surface area contributed by atoms with Crippen LogP contribution in [0.25, 0.3) is 0 Å². The van der Waals surface area contributed by atoms with Crippen molar-refractivity contribution >= 4 is 27.4 Å². The van der Waals surface area contributed by atoms with Gasteiger partial charge in [0.1, 0.15) is 0 Å². The summed E-state index contributed by atoms with van der Waals surface area (Å²) in [5.41, 5.74) is 6.74. The van der Waals surface area contributed by atoms with Gasteiger partial charge in [-0.1, -0.05) is 0 Å². The third kappa shape index (κ3) is 2.25. The first-order chi connectivity index (χ1) is 7.18. The van der Waals surface area contributed by atoms with Gasteiger partial charge in [0.05, 0.1) is 5.69 Å². The van der Waals surface area contributed by atoms with Crippen LogP contribution in [0.3, 0.4) is 0 Å². The summed E-state index contributed by atoms with van der Waals surface area (Å²) < 4.78 is 0.938. The van der Waals surface area contributed by atoms with E-state index in [2.05, 4.69) is 32.7 Å². The highest BCUT2D eigenvalue weighted by Gasteiger charge is 2.21. The molecule has 0 radical (unpaired) electrons. The van der Waals surface area contributed by atoms with Gasteiger partial charge in [-0.15, -0.1) is 0 Å². The van der Waals surface area contributed by atoms with E-state index in [1.807, 2.05) is 12.3 Å². The van der Waals surface area contributed by atoms with Gasteiger partial charge in [0, 0.05) is 23.3 Å². The Kier molecular flexibility index (Phi) is 3.14. The van der Waals surface area contributed by atoms with E-state index in [1.165, 1.54) is 19.3 Å². The second kappa shape index (κ2) is 4.39. The molecule has 1 fully saturated rings. The van der Waals surface area contributed by atoms with Gasteiger partial charge in [0.25, 0.3) is 0 Å². The highest BCUT2D eigenvalue weighted by Crippen LogP contribution is 2.28. The van der Waals surface area contributed by atoms with Crippen LogP contribution >= 0.6 is 15.9 Å². The molecule has 1 aliphatic rings. The molecule has 3 nitrogen and oxygen atoms in total. The molecule has 2 rings (SSSR count). The molecule has 2 N–H and O–H groups in total. The zero-order chi connectivity index (χ0) is 10.8. The summed E-state index contributed by atoms with van der Waals surface area (Å²) in [6, 6.07) is 2.47. The Balaban J connectivity index is 2.27. The van der Waals surface area contributed by atoms with Crippen molar-refractivity contribution in [3.8, 4) is 0 Å². The first-order valence-corrected chi connectivity index (χ1v) is 6.15. The van der Waals surface area contributed by atoms with Crippen LogP contribution in [0.1, 0.15) is 26.2 Å². The van der Waals surface area contributed by atoms with Gasteiger partial charge in [0.15, 0.2) is 5.82 Å². The summed E-state index contributed by atoms with van der Waals surface area (Å²) in [6.07, 6.45) is 5.60. The summed E-state index contributed by atoms with van der Waals surface area (Å²) in [5.74, 6) is 0.936. The molecule has 1 saturated heterocycles. The van der Waals surface area contributed by atoms with Crippen molar-refractivity contribution in [2.45, 2.75) is 32.2 Å². The Morgan fingerprint density at radius 3 is 3.00 bits per heavy atom. The Hall–Kier alpha value is -0.770. The van der Waals surface area contributed by atoms with Crippen LogP contribution in [-0.2, 0) is 0 Å². The van der Waals surface area contributed by atoms with E-state index in [0.717, 1.165) is 22.5 Å². The van der Waals surface area contributed by atoms with Crippen LogP contribution in [0.5, 0.6) is 0 Å². The van der Waals surface area contributed by atoms with E-state index >= 15 is 0 Å². The molecule has 0 spiro atoms. The van der Waals surface area contributed by atoms with Gasteiger partial charge in [-0.05, 0) is 48.2 Å². The zero-order valence-electron chi connectivity index (χ0n) is 8.91. The molecule has 1 aliphatic heterocycles. The minimum absolute atomic E-state index is 0.551. The van der Waals surface area contributed by atoms with E-state index < -0.39 is 0 Å². The summed E-state index contributed by atoms with van der Waals surface area (Å²) in [7, 11) is 0. The predicted molar refractivity (Wildman–Crippen MR) is 67.0 cm³/mol. The number of rotatable bonds is 1. The number of hydrogen-bond donors (Lipinski definition) is 1. The number of piperidine rings is 1. The van der Waals surface area contributed by atoms with E-state index in [-0.39, 0.29) is 0 Å². The van der Waals surface area contributed by atoms with Crippen LogP contribution < -0.4 is 10.6 Å². The molecule has 1 aromatic heterocycles. The maximum Gasteiger partial charge on any atom is 0.152 e. The van der Waals surface area contributed by atoms with Gasteiger partial charge >= 0.3 is 0 Å². The number of pyridine rings is 1. The minimum Gasteiger partial charge on any atom is -0.396 e. The lowest BCUT2D eigenvalue weighted by molar-refractivity contribution is 0.482.